The zero-order chi connectivity index (χ0) is 18.7. The van der Waals surface area contributed by atoms with Crippen LogP contribution in [0.3, 0.4) is 0 Å². The van der Waals surface area contributed by atoms with Gasteiger partial charge in [0.2, 0.25) is 5.91 Å². The van der Waals surface area contributed by atoms with E-state index in [4.69, 9.17) is 16.7 Å². The molecular weight excluding hydrogens is 358 g/mol. The van der Waals surface area contributed by atoms with Gasteiger partial charge >= 0.3 is 5.97 Å². The molecule has 1 aromatic carbocycles. The Hall–Kier alpha value is -3.13. The van der Waals surface area contributed by atoms with E-state index >= 15 is 0 Å². The number of rotatable bonds is 6. The van der Waals surface area contributed by atoms with Gasteiger partial charge < -0.3 is 10.4 Å². The van der Waals surface area contributed by atoms with E-state index in [1.807, 2.05) is 18.2 Å². The molecule has 0 aliphatic carbocycles. The zero-order valence-corrected chi connectivity index (χ0v) is 14.6. The second kappa shape index (κ2) is 7.40. The number of halogens is 1. The van der Waals surface area contributed by atoms with Gasteiger partial charge in [0.25, 0.3) is 0 Å². The maximum Gasteiger partial charge on any atom is 0.356 e. The number of nitrogens with zero attached hydrogens (tertiary/aromatic N) is 4. The average Bonchev–Trinajstić information content (AvgIpc) is 3.24. The van der Waals surface area contributed by atoms with Crippen LogP contribution in [0.5, 0.6) is 0 Å². The minimum absolute atomic E-state index is 0.107. The first-order chi connectivity index (χ1) is 12.4. The lowest BCUT2D eigenvalue weighted by atomic mass is 10.2. The first-order valence-electron chi connectivity index (χ1n) is 7.78. The molecule has 0 aliphatic heterocycles. The molecule has 0 saturated heterocycles. The van der Waals surface area contributed by atoms with Crippen LogP contribution in [-0.2, 0) is 11.3 Å². The number of carboxylic acid groups (broad SMARTS) is 1. The van der Waals surface area contributed by atoms with E-state index in [2.05, 4.69) is 15.5 Å². The fourth-order valence-corrected chi connectivity index (χ4v) is 2.55. The standard InChI is InChI=1S/C17H16ClN5O3/c1-11(23-6-5-15(21-23)17(25)26)16(24)20-14-4-2-3-12(7-14)9-22-10-13(18)8-19-22/h2-8,10-11H,9H2,1H3,(H,20,24)(H,25,26). The Bertz CT molecular complexity index is 949. The van der Waals surface area contributed by atoms with Crippen molar-refractivity contribution in [2.45, 2.75) is 19.5 Å². The van der Waals surface area contributed by atoms with Crippen molar-refractivity contribution in [1.29, 1.82) is 0 Å². The zero-order valence-electron chi connectivity index (χ0n) is 13.8. The quantitative estimate of drug-likeness (QED) is 0.691. The van der Waals surface area contributed by atoms with E-state index < -0.39 is 12.0 Å². The summed E-state index contributed by atoms with van der Waals surface area (Å²) in [5.74, 6) is -1.44. The number of nitrogens with one attached hydrogen (secondary N) is 1. The van der Waals surface area contributed by atoms with Crippen molar-refractivity contribution in [2.24, 2.45) is 0 Å². The van der Waals surface area contributed by atoms with Gasteiger partial charge in [0, 0.05) is 18.1 Å². The second-order valence-corrected chi connectivity index (χ2v) is 6.14. The third-order valence-corrected chi connectivity index (χ3v) is 3.94. The molecule has 0 spiro atoms. The van der Waals surface area contributed by atoms with Gasteiger partial charge in [-0.1, -0.05) is 23.7 Å². The van der Waals surface area contributed by atoms with E-state index in [0.29, 0.717) is 17.3 Å². The maximum atomic E-state index is 12.4. The SMILES string of the molecule is CC(C(=O)Nc1cccc(Cn2cc(Cl)cn2)c1)n1ccc(C(=O)O)n1. The monoisotopic (exact) mass is 373 g/mol. The van der Waals surface area contributed by atoms with E-state index in [1.54, 1.807) is 30.1 Å². The highest BCUT2D eigenvalue weighted by Crippen LogP contribution is 2.15. The van der Waals surface area contributed by atoms with E-state index in [-0.39, 0.29) is 11.6 Å². The number of benzene rings is 1. The highest BCUT2D eigenvalue weighted by atomic mass is 35.5. The van der Waals surface area contributed by atoms with Gasteiger partial charge in [-0.15, -0.1) is 0 Å². The summed E-state index contributed by atoms with van der Waals surface area (Å²) in [6, 6.07) is 8.05. The van der Waals surface area contributed by atoms with Crippen molar-refractivity contribution in [3.8, 4) is 0 Å². The average molecular weight is 374 g/mol. The molecule has 26 heavy (non-hydrogen) atoms. The fraction of sp³-hybridized carbons (Fsp3) is 0.176. The van der Waals surface area contributed by atoms with Gasteiger partial charge in [-0.05, 0) is 30.7 Å². The van der Waals surface area contributed by atoms with Crippen LogP contribution in [0, 0.1) is 0 Å². The minimum Gasteiger partial charge on any atom is -0.476 e. The minimum atomic E-state index is -1.14. The van der Waals surface area contributed by atoms with Crippen molar-refractivity contribution in [3.05, 3.63) is 65.2 Å². The Labute approximate surface area is 154 Å². The Kier molecular flexibility index (Phi) is 5.04. The summed E-state index contributed by atoms with van der Waals surface area (Å²) in [5, 5.41) is 20.3. The molecule has 0 bridgehead atoms. The smallest absolute Gasteiger partial charge is 0.356 e. The van der Waals surface area contributed by atoms with Crippen molar-refractivity contribution >= 4 is 29.2 Å². The highest BCUT2D eigenvalue weighted by molar-refractivity contribution is 6.30. The predicted molar refractivity (Wildman–Crippen MR) is 95.3 cm³/mol. The van der Waals surface area contributed by atoms with Crippen LogP contribution in [0.1, 0.15) is 29.0 Å². The van der Waals surface area contributed by atoms with Gasteiger partial charge in [-0.3, -0.25) is 14.2 Å². The summed E-state index contributed by atoms with van der Waals surface area (Å²) >= 11 is 5.86. The molecule has 2 heterocycles. The number of aromatic nitrogens is 4. The molecule has 0 saturated carbocycles. The molecule has 2 N–H and O–H groups in total. The molecule has 2 aromatic heterocycles. The van der Waals surface area contributed by atoms with Crippen LogP contribution in [0.15, 0.2) is 48.9 Å². The third-order valence-electron chi connectivity index (χ3n) is 3.74. The Balaban J connectivity index is 1.68. The van der Waals surface area contributed by atoms with Crippen LogP contribution in [0.4, 0.5) is 5.69 Å². The summed E-state index contributed by atoms with van der Waals surface area (Å²) in [5.41, 5.74) is 1.47. The molecule has 8 nitrogen and oxygen atoms in total. The summed E-state index contributed by atoms with van der Waals surface area (Å²) in [4.78, 5) is 23.3. The van der Waals surface area contributed by atoms with Crippen LogP contribution in [0.2, 0.25) is 5.02 Å². The van der Waals surface area contributed by atoms with Gasteiger partial charge in [-0.2, -0.15) is 10.2 Å². The molecule has 1 atom stereocenters. The van der Waals surface area contributed by atoms with E-state index in [9.17, 15) is 9.59 Å². The van der Waals surface area contributed by atoms with Crippen LogP contribution in [0.25, 0.3) is 0 Å². The second-order valence-electron chi connectivity index (χ2n) is 5.71. The van der Waals surface area contributed by atoms with Crippen molar-refractivity contribution in [1.82, 2.24) is 19.6 Å². The van der Waals surface area contributed by atoms with Crippen LogP contribution < -0.4 is 5.32 Å². The molecule has 3 rings (SSSR count). The molecular formula is C17H16ClN5O3. The van der Waals surface area contributed by atoms with Crippen molar-refractivity contribution < 1.29 is 14.7 Å². The Morgan fingerprint density at radius 2 is 2.15 bits per heavy atom. The maximum absolute atomic E-state index is 12.4. The summed E-state index contributed by atoms with van der Waals surface area (Å²) < 4.78 is 3.01. The number of amides is 1. The Morgan fingerprint density at radius 1 is 1.35 bits per heavy atom. The van der Waals surface area contributed by atoms with Crippen molar-refractivity contribution in [3.63, 3.8) is 0 Å². The number of aromatic carboxylic acids is 1. The van der Waals surface area contributed by atoms with Crippen LogP contribution >= 0.6 is 11.6 Å². The lowest BCUT2D eigenvalue weighted by Crippen LogP contribution is -2.24. The summed E-state index contributed by atoms with van der Waals surface area (Å²) in [7, 11) is 0. The Morgan fingerprint density at radius 3 is 2.81 bits per heavy atom. The van der Waals surface area contributed by atoms with E-state index in [1.165, 1.54) is 16.9 Å². The number of carbonyl (C=O) groups is 2. The van der Waals surface area contributed by atoms with Crippen LogP contribution in [-0.4, -0.2) is 36.5 Å². The highest BCUT2D eigenvalue weighted by Gasteiger charge is 2.18. The van der Waals surface area contributed by atoms with Gasteiger partial charge in [0.05, 0.1) is 17.8 Å². The van der Waals surface area contributed by atoms with Gasteiger partial charge in [0.1, 0.15) is 6.04 Å². The molecule has 134 valence electrons. The number of hydrogen-bond acceptors (Lipinski definition) is 4. The summed E-state index contributed by atoms with van der Waals surface area (Å²) in [6.07, 6.45) is 4.74. The first kappa shape index (κ1) is 17.7. The number of carboxylic acids is 1. The van der Waals surface area contributed by atoms with Crippen molar-refractivity contribution in [2.75, 3.05) is 5.32 Å². The molecule has 0 aliphatic rings. The molecule has 9 heteroatoms. The van der Waals surface area contributed by atoms with Gasteiger partial charge in [-0.25, -0.2) is 4.79 Å². The molecule has 3 aromatic rings. The third kappa shape index (κ3) is 4.09. The fourth-order valence-electron chi connectivity index (χ4n) is 2.39. The largest absolute Gasteiger partial charge is 0.476 e. The molecule has 1 unspecified atom stereocenters. The number of hydrogen-bond donors (Lipinski definition) is 2. The van der Waals surface area contributed by atoms with E-state index in [0.717, 1.165) is 5.56 Å². The normalized spacial score (nSPS) is 11.9. The lowest BCUT2D eigenvalue weighted by molar-refractivity contribution is -0.119. The summed E-state index contributed by atoms with van der Waals surface area (Å²) in [6.45, 7) is 2.16. The predicted octanol–water partition coefficient (Wildman–Crippen LogP) is 2.68. The number of carbonyl (C=O) groups excluding carboxylic acids is 1. The number of anilines is 1. The lowest BCUT2D eigenvalue weighted by Gasteiger charge is -2.13. The topological polar surface area (TPSA) is 102 Å². The molecule has 0 fully saturated rings. The molecule has 0 radical (unpaired) electrons. The first-order valence-corrected chi connectivity index (χ1v) is 8.16. The van der Waals surface area contributed by atoms with Gasteiger partial charge in [0.15, 0.2) is 5.69 Å². The molecule has 1 amide bonds.